The molecule has 0 unspecified atom stereocenters. The van der Waals surface area contributed by atoms with Gasteiger partial charge in [-0.1, -0.05) is 45.0 Å². The van der Waals surface area contributed by atoms with Gasteiger partial charge in [0.1, 0.15) is 0 Å². The van der Waals surface area contributed by atoms with E-state index in [1.165, 1.54) is 11.1 Å². The van der Waals surface area contributed by atoms with Crippen molar-refractivity contribution in [1.29, 1.82) is 0 Å². The highest BCUT2D eigenvalue weighted by Crippen LogP contribution is 2.38. The predicted molar refractivity (Wildman–Crippen MR) is 119 cm³/mol. The average molecular weight is 415 g/mol. The molecule has 1 N–H and O–H groups in total. The van der Waals surface area contributed by atoms with E-state index < -0.39 is 0 Å². The Kier molecular flexibility index (Phi) is 8.12. The summed E-state index contributed by atoms with van der Waals surface area (Å²) in [5.41, 5.74) is 3.50. The van der Waals surface area contributed by atoms with Crippen molar-refractivity contribution < 1.29 is 19.0 Å². The van der Waals surface area contributed by atoms with Crippen molar-refractivity contribution in [1.82, 2.24) is 10.2 Å². The van der Waals surface area contributed by atoms with Crippen LogP contribution in [0.15, 0.2) is 36.4 Å². The summed E-state index contributed by atoms with van der Waals surface area (Å²) in [6.07, 6.45) is 0. The van der Waals surface area contributed by atoms with Crippen LogP contribution in [0.5, 0.6) is 17.2 Å². The van der Waals surface area contributed by atoms with Gasteiger partial charge in [-0.05, 0) is 41.3 Å². The lowest BCUT2D eigenvalue weighted by Gasteiger charge is -2.20. The summed E-state index contributed by atoms with van der Waals surface area (Å²) in [6, 6.07) is 12.3. The zero-order valence-electron chi connectivity index (χ0n) is 19.2. The van der Waals surface area contributed by atoms with Gasteiger partial charge < -0.3 is 19.5 Å². The van der Waals surface area contributed by atoms with Gasteiger partial charge in [0.05, 0.1) is 27.9 Å². The molecule has 0 aliphatic carbocycles. The molecular formula is C24H34N2O4. The van der Waals surface area contributed by atoms with E-state index in [2.05, 4.69) is 50.4 Å². The second-order valence-electron chi connectivity index (χ2n) is 8.43. The molecule has 1 amide bonds. The Morgan fingerprint density at radius 2 is 1.50 bits per heavy atom. The molecule has 0 aliphatic heterocycles. The SMILES string of the molecule is COc1cc(CNC(=O)CN(C)Cc2ccc(C(C)(C)C)cc2)cc(OC)c1OC. The van der Waals surface area contributed by atoms with Crippen LogP contribution in [0, 0.1) is 0 Å². The number of carbonyl (C=O) groups excluding carboxylic acids is 1. The molecule has 0 radical (unpaired) electrons. The van der Waals surface area contributed by atoms with E-state index >= 15 is 0 Å². The van der Waals surface area contributed by atoms with Gasteiger partial charge in [-0.15, -0.1) is 0 Å². The maximum atomic E-state index is 12.4. The van der Waals surface area contributed by atoms with Gasteiger partial charge >= 0.3 is 0 Å². The maximum Gasteiger partial charge on any atom is 0.234 e. The molecule has 0 bridgehead atoms. The number of benzene rings is 2. The van der Waals surface area contributed by atoms with Crippen LogP contribution in [0.25, 0.3) is 0 Å². The van der Waals surface area contributed by atoms with Crippen molar-refractivity contribution in [3.8, 4) is 17.2 Å². The highest BCUT2D eigenvalue weighted by atomic mass is 16.5. The van der Waals surface area contributed by atoms with Gasteiger partial charge in [-0.25, -0.2) is 0 Å². The largest absolute Gasteiger partial charge is 0.493 e. The van der Waals surface area contributed by atoms with Crippen LogP contribution in [0.4, 0.5) is 0 Å². The van der Waals surface area contributed by atoms with E-state index in [1.807, 2.05) is 24.1 Å². The maximum absolute atomic E-state index is 12.4. The molecule has 0 atom stereocenters. The monoisotopic (exact) mass is 414 g/mol. The number of rotatable bonds is 9. The zero-order chi connectivity index (χ0) is 22.3. The second kappa shape index (κ2) is 10.3. The van der Waals surface area contributed by atoms with Crippen molar-refractivity contribution in [2.45, 2.75) is 39.3 Å². The lowest BCUT2D eigenvalue weighted by Crippen LogP contribution is -2.34. The molecule has 2 aromatic carbocycles. The Hall–Kier alpha value is -2.73. The summed E-state index contributed by atoms with van der Waals surface area (Å²) in [7, 11) is 6.65. The smallest absolute Gasteiger partial charge is 0.234 e. The second-order valence-corrected chi connectivity index (χ2v) is 8.43. The van der Waals surface area contributed by atoms with Crippen molar-refractivity contribution in [2.75, 3.05) is 34.9 Å². The van der Waals surface area contributed by atoms with Gasteiger partial charge in [0.15, 0.2) is 11.5 Å². The zero-order valence-corrected chi connectivity index (χ0v) is 19.2. The molecule has 6 heteroatoms. The fourth-order valence-corrected chi connectivity index (χ4v) is 3.22. The number of likely N-dealkylation sites (N-methyl/N-ethyl adjacent to an activating group) is 1. The van der Waals surface area contributed by atoms with Gasteiger partial charge in [-0.2, -0.15) is 0 Å². The van der Waals surface area contributed by atoms with Gasteiger partial charge in [0.2, 0.25) is 11.7 Å². The molecule has 30 heavy (non-hydrogen) atoms. The van der Waals surface area contributed by atoms with Gasteiger partial charge in [0.25, 0.3) is 0 Å². The molecule has 0 saturated heterocycles. The Labute approximate surface area is 180 Å². The minimum atomic E-state index is -0.0439. The number of amides is 1. The standard InChI is InChI=1S/C24H34N2O4/c1-24(2,3)19-10-8-17(9-11-19)15-26(4)16-22(27)25-14-18-12-20(28-5)23(30-7)21(13-18)29-6/h8-13H,14-16H2,1-7H3,(H,25,27). The van der Waals surface area contributed by atoms with E-state index in [-0.39, 0.29) is 11.3 Å². The summed E-state index contributed by atoms with van der Waals surface area (Å²) in [4.78, 5) is 14.4. The summed E-state index contributed by atoms with van der Waals surface area (Å²) < 4.78 is 16.1. The van der Waals surface area contributed by atoms with Crippen molar-refractivity contribution in [2.24, 2.45) is 0 Å². The first-order valence-corrected chi connectivity index (χ1v) is 10.0. The van der Waals surface area contributed by atoms with Crippen LogP contribution in [0.1, 0.15) is 37.5 Å². The lowest BCUT2D eigenvalue weighted by atomic mass is 9.87. The molecular weight excluding hydrogens is 380 g/mol. The lowest BCUT2D eigenvalue weighted by molar-refractivity contribution is -0.122. The summed E-state index contributed by atoms with van der Waals surface area (Å²) in [6.45, 7) is 8.00. The molecule has 0 heterocycles. The Balaban J connectivity index is 1.91. The fourth-order valence-electron chi connectivity index (χ4n) is 3.22. The highest BCUT2D eigenvalue weighted by molar-refractivity contribution is 5.78. The van der Waals surface area contributed by atoms with Crippen LogP contribution in [-0.4, -0.2) is 45.7 Å². The van der Waals surface area contributed by atoms with Crippen LogP contribution in [0.3, 0.4) is 0 Å². The minimum absolute atomic E-state index is 0.0439. The average Bonchev–Trinajstić information content (AvgIpc) is 2.70. The molecule has 0 fully saturated rings. The fraction of sp³-hybridized carbons (Fsp3) is 0.458. The van der Waals surface area contributed by atoms with E-state index in [1.54, 1.807) is 21.3 Å². The first-order valence-electron chi connectivity index (χ1n) is 10.0. The molecule has 6 nitrogen and oxygen atoms in total. The number of ether oxygens (including phenoxy) is 3. The first-order chi connectivity index (χ1) is 14.2. The number of methoxy groups -OCH3 is 3. The van der Waals surface area contributed by atoms with E-state index in [0.29, 0.717) is 36.9 Å². The van der Waals surface area contributed by atoms with Crippen molar-refractivity contribution >= 4 is 5.91 Å². The number of carbonyl (C=O) groups is 1. The molecule has 164 valence electrons. The van der Waals surface area contributed by atoms with Crippen LogP contribution < -0.4 is 19.5 Å². The third kappa shape index (κ3) is 6.39. The van der Waals surface area contributed by atoms with E-state index in [4.69, 9.17) is 14.2 Å². The summed E-state index contributed by atoms with van der Waals surface area (Å²) in [5.74, 6) is 1.62. The number of nitrogens with zero attached hydrogens (tertiary/aromatic N) is 1. The Morgan fingerprint density at radius 3 is 1.97 bits per heavy atom. The topological polar surface area (TPSA) is 60.0 Å². The molecule has 2 rings (SSSR count). The third-order valence-electron chi connectivity index (χ3n) is 4.90. The van der Waals surface area contributed by atoms with Crippen LogP contribution in [-0.2, 0) is 23.3 Å². The third-order valence-corrected chi connectivity index (χ3v) is 4.90. The van der Waals surface area contributed by atoms with Gasteiger partial charge in [-0.3, -0.25) is 9.69 Å². The molecule has 0 aliphatic rings. The molecule has 0 spiro atoms. The Bertz CT molecular complexity index is 816. The minimum Gasteiger partial charge on any atom is -0.493 e. The normalized spacial score (nSPS) is 11.3. The number of nitrogens with one attached hydrogen (secondary N) is 1. The Morgan fingerprint density at radius 1 is 0.933 bits per heavy atom. The van der Waals surface area contributed by atoms with Crippen LogP contribution >= 0.6 is 0 Å². The van der Waals surface area contributed by atoms with E-state index in [0.717, 1.165) is 5.56 Å². The molecule has 0 aromatic heterocycles. The molecule has 0 saturated carbocycles. The van der Waals surface area contributed by atoms with Crippen molar-refractivity contribution in [3.05, 3.63) is 53.1 Å². The predicted octanol–water partition coefficient (Wildman–Crippen LogP) is 3.76. The number of hydrogen-bond acceptors (Lipinski definition) is 5. The van der Waals surface area contributed by atoms with E-state index in [9.17, 15) is 4.79 Å². The first kappa shape index (κ1) is 23.5. The summed E-state index contributed by atoms with van der Waals surface area (Å²) in [5, 5.41) is 2.95. The molecule has 2 aromatic rings. The van der Waals surface area contributed by atoms with Crippen molar-refractivity contribution in [3.63, 3.8) is 0 Å². The highest BCUT2D eigenvalue weighted by Gasteiger charge is 2.15. The quantitative estimate of drug-likeness (QED) is 0.677. The summed E-state index contributed by atoms with van der Waals surface area (Å²) >= 11 is 0. The van der Waals surface area contributed by atoms with Crippen LogP contribution in [0.2, 0.25) is 0 Å². The number of hydrogen-bond donors (Lipinski definition) is 1. The van der Waals surface area contributed by atoms with Gasteiger partial charge in [0, 0.05) is 13.1 Å².